The minimum absolute atomic E-state index is 0.0555. The van der Waals surface area contributed by atoms with Crippen LogP contribution in [0.25, 0.3) is 21.8 Å². The number of carbonyl (C=O) groups excluding carboxylic acids is 3. The number of anilines is 2. The number of ketones is 1. The number of aromatic amines is 1. The highest BCUT2D eigenvalue weighted by atomic mass is 32.1. The summed E-state index contributed by atoms with van der Waals surface area (Å²) in [5, 5.41) is 7.76. The molecule has 3 N–H and O–H groups in total. The Balaban J connectivity index is 1.24. The number of para-hydroxylation sites is 1. The first-order chi connectivity index (χ1) is 17.8. The van der Waals surface area contributed by atoms with Crippen molar-refractivity contribution < 1.29 is 14.4 Å². The van der Waals surface area contributed by atoms with Crippen molar-refractivity contribution in [1.82, 2.24) is 19.9 Å². The van der Waals surface area contributed by atoms with E-state index >= 15 is 0 Å². The van der Waals surface area contributed by atoms with Crippen LogP contribution in [-0.4, -0.2) is 37.5 Å². The third-order valence-corrected chi connectivity index (χ3v) is 7.36. The van der Waals surface area contributed by atoms with Crippen LogP contribution in [0.5, 0.6) is 0 Å². The summed E-state index contributed by atoms with van der Waals surface area (Å²) in [7, 11) is 0. The number of amides is 2. The van der Waals surface area contributed by atoms with Gasteiger partial charge in [0.2, 0.25) is 5.95 Å². The molecule has 2 amide bonds. The van der Waals surface area contributed by atoms with Gasteiger partial charge in [-0.3, -0.25) is 30.0 Å². The molecular formula is C27H22N6O3S. The van der Waals surface area contributed by atoms with Crippen molar-refractivity contribution in [2.75, 3.05) is 10.6 Å². The number of nitrogens with zero attached hydrogens (tertiary/aromatic N) is 3. The molecule has 5 aromatic rings. The number of imidazole rings is 1. The van der Waals surface area contributed by atoms with Gasteiger partial charge < -0.3 is 4.98 Å². The van der Waals surface area contributed by atoms with Crippen molar-refractivity contribution in [2.24, 2.45) is 5.41 Å². The van der Waals surface area contributed by atoms with Gasteiger partial charge in [-0.1, -0.05) is 55.5 Å². The van der Waals surface area contributed by atoms with Crippen molar-refractivity contribution in [3.05, 3.63) is 76.6 Å². The van der Waals surface area contributed by atoms with Gasteiger partial charge in [-0.05, 0) is 35.4 Å². The average Bonchev–Trinajstić information content (AvgIpc) is 3.45. The van der Waals surface area contributed by atoms with Gasteiger partial charge in [0.15, 0.2) is 10.9 Å². The molecule has 3 heterocycles. The summed E-state index contributed by atoms with van der Waals surface area (Å²) in [4.78, 5) is 55.3. The smallest absolute Gasteiger partial charge is 0.276 e. The van der Waals surface area contributed by atoms with E-state index in [-0.39, 0.29) is 22.8 Å². The minimum atomic E-state index is -0.420. The summed E-state index contributed by atoms with van der Waals surface area (Å²) in [6, 6.07) is 14.5. The quantitative estimate of drug-likeness (QED) is 0.304. The fourth-order valence-corrected chi connectivity index (χ4v) is 5.51. The van der Waals surface area contributed by atoms with Crippen LogP contribution in [0.2, 0.25) is 0 Å². The highest BCUT2D eigenvalue weighted by molar-refractivity contribution is 7.17. The maximum absolute atomic E-state index is 13.1. The van der Waals surface area contributed by atoms with Crippen molar-refractivity contribution >= 4 is 61.8 Å². The van der Waals surface area contributed by atoms with E-state index in [1.54, 1.807) is 30.5 Å². The molecule has 37 heavy (non-hydrogen) atoms. The second kappa shape index (κ2) is 8.59. The summed E-state index contributed by atoms with van der Waals surface area (Å²) < 4.78 is 0. The Labute approximate surface area is 215 Å². The van der Waals surface area contributed by atoms with Crippen molar-refractivity contribution in [3.63, 3.8) is 0 Å². The molecule has 10 heteroatoms. The third kappa shape index (κ3) is 4.36. The van der Waals surface area contributed by atoms with Crippen LogP contribution in [0.15, 0.2) is 54.7 Å². The van der Waals surface area contributed by atoms with Crippen LogP contribution >= 0.6 is 11.3 Å². The lowest BCUT2D eigenvalue weighted by Crippen LogP contribution is -2.26. The number of aromatic nitrogens is 4. The number of carbonyl (C=O) groups is 3. The van der Waals surface area contributed by atoms with Gasteiger partial charge in [0.25, 0.3) is 11.8 Å². The maximum atomic E-state index is 13.1. The Morgan fingerprint density at radius 2 is 1.78 bits per heavy atom. The fourth-order valence-electron chi connectivity index (χ4n) is 4.59. The number of nitrogens with one attached hydrogen (secondary N) is 3. The van der Waals surface area contributed by atoms with E-state index in [0.29, 0.717) is 39.4 Å². The van der Waals surface area contributed by atoms with Gasteiger partial charge in [0.05, 0.1) is 21.7 Å². The summed E-state index contributed by atoms with van der Waals surface area (Å²) in [5.74, 6) is -0.562. The molecule has 0 radical (unpaired) electrons. The molecule has 1 aliphatic rings. The number of Topliss-reactive ketones (excluding diaryl/α,β-unsaturated/α-hetero) is 1. The minimum Gasteiger partial charge on any atom is -0.324 e. The number of rotatable bonds is 4. The lowest BCUT2D eigenvalue weighted by Gasteiger charge is -2.26. The van der Waals surface area contributed by atoms with Crippen LogP contribution in [0, 0.1) is 5.41 Å². The molecule has 0 fully saturated rings. The molecule has 3 aromatic heterocycles. The summed E-state index contributed by atoms with van der Waals surface area (Å²) in [6.45, 7) is 4.08. The van der Waals surface area contributed by atoms with Gasteiger partial charge in [-0.15, -0.1) is 0 Å². The van der Waals surface area contributed by atoms with Gasteiger partial charge in [0.1, 0.15) is 11.2 Å². The Morgan fingerprint density at radius 3 is 2.62 bits per heavy atom. The Hall–Kier alpha value is -4.44. The van der Waals surface area contributed by atoms with Gasteiger partial charge in [0, 0.05) is 18.0 Å². The molecule has 0 aliphatic heterocycles. The first-order valence-electron chi connectivity index (χ1n) is 11.7. The molecular weight excluding hydrogens is 488 g/mol. The van der Waals surface area contributed by atoms with Gasteiger partial charge >= 0.3 is 0 Å². The van der Waals surface area contributed by atoms with E-state index < -0.39 is 11.8 Å². The Kier molecular flexibility index (Phi) is 5.34. The van der Waals surface area contributed by atoms with E-state index in [4.69, 9.17) is 0 Å². The maximum Gasteiger partial charge on any atom is 0.276 e. The molecule has 0 saturated carbocycles. The number of hydrogen-bond acceptors (Lipinski definition) is 7. The topological polar surface area (TPSA) is 130 Å². The van der Waals surface area contributed by atoms with Crippen LogP contribution in [0.1, 0.15) is 56.5 Å². The number of hydrogen-bond donors (Lipinski definition) is 3. The van der Waals surface area contributed by atoms with Crippen LogP contribution in [0.4, 0.5) is 11.1 Å². The summed E-state index contributed by atoms with van der Waals surface area (Å²) in [6.07, 6.45) is 2.80. The monoisotopic (exact) mass is 510 g/mol. The van der Waals surface area contributed by atoms with Crippen LogP contribution in [-0.2, 0) is 6.42 Å². The zero-order chi connectivity index (χ0) is 25.7. The molecule has 0 unspecified atom stereocenters. The summed E-state index contributed by atoms with van der Waals surface area (Å²) >= 11 is 1.20. The normalized spacial score (nSPS) is 14.5. The largest absolute Gasteiger partial charge is 0.324 e. The zero-order valence-corrected chi connectivity index (χ0v) is 20.9. The molecule has 0 saturated heterocycles. The third-order valence-electron chi connectivity index (χ3n) is 6.31. The number of pyridine rings is 1. The summed E-state index contributed by atoms with van der Waals surface area (Å²) in [5.41, 5.74) is 2.14. The van der Waals surface area contributed by atoms with E-state index in [2.05, 4.69) is 30.6 Å². The molecule has 9 nitrogen and oxygen atoms in total. The first kappa shape index (κ1) is 23.0. The van der Waals surface area contributed by atoms with Crippen molar-refractivity contribution in [1.29, 1.82) is 0 Å². The van der Waals surface area contributed by atoms with Crippen molar-refractivity contribution in [2.45, 2.75) is 26.7 Å². The van der Waals surface area contributed by atoms with E-state index in [9.17, 15) is 14.4 Å². The predicted octanol–water partition coefficient (Wildman–Crippen LogP) is 5.23. The van der Waals surface area contributed by atoms with E-state index in [1.165, 1.54) is 11.3 Å². The molecule has 6 rings (SSSR count). The van der Waals surface area contributed by atoms with Gasteiger partial charge in [-0.2, -0.15) is 0 Å². The second-order valence-corrected chi connectivity index (χ2v) is 10.8. The Bertz CT molecular complexity index is 1730. The fraction of sp³-hybridized carbons (Fsp3) is 0.185. The number of fused-ring (bicyclic) bond motifs is 3. The highest BCUT2D eigenvalue weighted by Crippen LogP contribution is 2.38. The molecule has 0 spiro atoms. The lowest BCUT2D eigenvalue weighted by atomic mass is 9.78. The average molecular weight is 511 g/mol. The molecule has 1 aliphatic carbocycles. The molecule has 0 bridgehead atoms. The van der Waals surface area contributed by atoms with E-state index in [1.807, 2.05) is 38.1 Å². The van der Waals surface area contributed by atoms with Crippen LogP contribution in [0.3, 0.4) is 0 Å². The first-order valence-corrected chi connectivity index (χ1v) is 12.6. The lowest BCUT2D eigenvalue weighted by molar-refractivity contribution is 0.0915. The number of H-pyrrole nitrogens is 1. The molecule has 0 atom stereocenters. The SMILES string of the molecule is CC1(C)CC(=O)c2sc(NC(=O)c3cccc4[nH]c(NC(=O)c5cc6ccccc6cn5)nc34)nc2C1. The van der Waals surface area contributed by atoms with Crippen molar-refractivity contribution in [3.8, 4) is 0 Å². The zero-order valence-electron chi connectivity index (χ0n) is 20.1. The molecule has 2 aromatic carbocycles. The van der Waals surface area contributed by atoms with E-state index in [0.717, 1.165) is 16.5 Å². The molecule has 184 valence electrons. The van der Waals surface area contributed by atoms with Crippen LogP contribution < -0.4 is 10.6 Å². The predicted molar refractivity (Wildman–Crippen MR) is 142 cm³/mol. The number of benzene rings is 2. The second-order valence-electron chi connectivity index (χ2n) is 9.85. The number of thiazole rings is 1. The highest BCUT2D eigenvalue weighted by Gasteiger charge is 2.34. The van der Waals surface area contributed by atoms with Gasteiger partial charge in [-0.25, -0.2) is 9.97 Å². The standard InChI is InChI=1S/C27H22N6O3S/c1-27(2)11-19-22(20(34)12-27)37-26(30-19)33-23(35)16-8-5-9-17-21(16)31-25(29-17)32-24(36)18-10-14-6-3-4-7-15(14)13-28-18/h3-10,13H,11-12H2,1-2H3,(H,30,33,35)(H2,29,31,32,36). The Morgan fingerprint density at radius 1 is 0.973 bits per heavy atom.